The van der Waals surface area contributed by atoms with Gasteiger partial charge in [0.25, 0.3) is 0 Å². The second-order valence-electron chi connectivity index (χ2n) is 2.75. The first-order valence-corrected chi connectivity index (χ1v) is 4.66. The summed E-state index contributed by atoms with van der Waals surface area (Å²) in [4.78, 5) is 0. The standard InChI is InChI=1S/C10H17Cl/c1-3-5-7-10(9-11)8-6-4-2/h3-4,10H,1-2,5-9H2. The Morgan fingerprint density at radius 1 is 1.09 bits per heavy atom. The number of hydrogen-bond acceptors (Lipinski definition) is 0. The molecule has 0 saturated heterocycles. The Labute approximate surface area is 74.9 Å². The van der Waals surface area contributed by atoms with Crippen LogP contribution in [0.2, 0.25) is 0 Å². The van der Waals surface area contributed by atoms with Crippen molar-refractivity contribution in [2.24, 2.45) is 5.92 Å². The molecule has 1 heteroatoms. The summed E-state index contributed by atoms with van der Waals surface area (Å²) in [5.41, 5.74) is 0. The fourth-order valence-corrected chi connectivity index (χ4v) is 1.31. The number of allylic oxidation sites excluding steroid dienone is 2. The summed E-state index contributed by atoms with van der Waals surface area (Å²) >= 11 is 5.77. The molecule has 0 radical (unpaired) electrons. The normalized spacial score (nSPS) is 10.0. The molecule has 64 valence electrons. The van der Waals surface area contributed by atoms with E-state index >= 15 is 0 Å². The molecule has 0 aliphatic heterocycles. The summed E-state index contributed by atoms with van der Waals surface area (Å²) in [6.45, 7) is 7.37. The van der Waals surface area contributed by atoms with Crippen LogP contribution in [0, 0.1) is 5.92 Å². The predicted molar refractivity (Wildman–Crippen MR) is 53.1 cm³/mol. The van der Waals surface area contributed by atoms with Gasteiger partial charge in [0.1, 0.15) is 0 Å². The molecule has 0 atom stereocenters. The van der Waals surface area contributed by atoms with Crippen LogP contribution >= 0.6 is 11.6 Å². The van der Waals surface area contributed by atoms with Crippen molar-refractivity contribution in [3.05, 3.63) is 25.3 Å². The maximum absolute atomic E-state index is 5.77. The van der Waals surface area contributed by atoms with Crippen LogP contribution < -0.4 is 0 Å². The van der Waals surface area contributed by atoms with E-state index in [9.17, 15) is 0 Å². The van der Waals surface area contributed by atoms with E-state index in [0.29, 0.717) is 5.92 Å². The van der Waals surface area contributed by atoms with Gasteiger partial charge in [0, 0.05) is 5.88 Å². The van der Waals surface area contributed by atoms with Crippen molar-refractivity contribution in [2.75, 3.05) is 5.88 Å². The van der Waals surface area contributed by atoms with E-state index in [4.69, 9.17) is 11.6 Å². The molecule has 0 N–H and O–H groups in total. The molecular weight excluding hydrogens is 156 g/mol. The topological polar surface area (TPSA) is 0 Å². The van der Waals surface area contributed by atoms with Gasteiger partial charge in [0.15, 0.2) is 0 Å². The minimum absolute atomic E-state index is 0.646. The monoisotopic (exact) mass is 172 g/mol. The lowest BCUT2D eigenvalue weighted by Gasteiger charge is -2.10. The van der Waals surface area contributed by atoms with Crippen molar-refractivity contribution in [1.82, 2.24) is 0 Å². The molecule has 0 aliphatic carbocycles. The zero-order valence-corrected chi connectivity index (χ0v) is 7.82. The van der Waals surface area contributed by atoms with Crippen LogP contribution in [-0.4, -0.2) is 5.88 Å². The molecule has 0 aromatic heterocycles. The molecule has 0 nitrogen and oxygen atoms in total. The highest BCUT2D eigenvalue weighted by molar-refractivity contribution is 6.18. The number of halogens is 1. The highest BCUT2D eigenvalue weighted by Gasteiger charge is 2.03. The van der Waals surface area contributed by atoms with Crippen molar-refractivity contribution in [2.45, 2.75) is 25.7 Å². The minimum Gasteiger partial charge on any atom is -0.126 e. The highest BCUT2D eigenvalue weighted by atomic mass is 35.5. The second-order valence-corrected chi connectivity index (χ2v) is 3.06. The summed E-state index contributed by atoms with van der Waals surface area (Å²) in [7, 11) is 0. The third-order valence-electron chi connectivity index (χ3n) is 1.78. The van der Waals surface area contributed by atoms with Gasteiger partial charge in [0.2, 0.25) is 0 Å². The quantitative estimate of drug-likeness (QED) is 0.405. The van der Waals surface area contributed by atoms with Crippen LogP contribution in [0.1, 0.15) is 25.7 Å². The van der Waals surface area contributed by atoms with E-state index in [1.165, 1.54) is 12.8 Å². The van der Waals surface area contributed by atoms with Crippen molar-refractivity contribution in [3.63, 3.8) is 0 Å². The first-order valence-electron chi connectivity index (χ1n) is 4.12. The Morgan fingerprint density at radius 2 is 1.55 bits per heavy atom. The fraction of sp³-hybridized carbons (Fsp3) is 0.600. The summed E-state index contributed by atoms with van der Waals surface area (Å²) in [6.07, 6.45) is 8.39. The van der Waals surface area contributed by atoms with E-state index < -0.39 is 0 Å². The molecule has 11 heavy (non-hydrogen) atoms. The van der Waals surface area contributed by atoms with E-state index in [1.807, 2.05) is 12.2 Å². The molecule has 0 fully saturated rings. The van der Waals surface area contributed by atoms with Crippen molar-refractivity contribution in [1.29, 1.82) is 0 Å². The van der Waals surface area contributed by atoms with Gasteiger partial charge < -0.3 is 0 Å². The third kappa shape index (κ3) is 6.18. The van der Waals surface area contributed by atoms with Gasteiger partial charge in [-0.15, -0.1) is 24.8 Å². The van der Waals surface area contributed by atoms with Gasteiger partial charge in [-0.25, -0.2) is 0 Å². The van der Waals surface area contributed by atoms with Gasteiger partial charge in [-0.2, -0.15) is 0 Å². The maximum Gasteiger partial charge on any atom is 0.0251 e. The first kappa shape index (κ1) is 10.8. The second kappa shape index (κ2) is 7.87. The fourth-order valence-electron chi connectivity index (χ4n) is 1.01. The van der Waals surface area contributed by atoms with Crippen molar-refractivity contribution >= 4 is 11.6 Å². The lowest BCUT2D eigenvalue weighted by Crippen LogP contribution is -2.00. The van der Waals surface area contributed by atoms with Gasteiger partial charge in [-0.05, 0) is 31.6 Å². The summed E-state index contributed by atoms with van der Waals surface area (Å²) in [6, 6.07) is 0. The molecule has 0 bridgehead atoms. The van der Waals surface area contributed by atoms with Crippen LogP contribution in [0.5, 0.6) is 0 Å². The number of rotatable bonds is 7. The van der Waals surface area contributed by atoms with Crippen LogP contribution in [0.25, 0.3) is 0 Å². The Bertz CT molecular complexity index is 95.4. The Hall–Kier alpha value is -0.230. The lowest BCUT2D eigenvalue weighted by atomic mass is 10.00. The Kier molecular flexibility index (Phi) is 7.71. The average Bonchev–Trinajstić information content (AvgIpc) is 2.05. The van der Waals surface area contributed by atoms with Crippen LogP contribution in [0.4, 0.5) is 0 Å². The lowest BCUT2D eigenvalue weighted by molar-refractivity contribution is 0.508. The Morgan fingerprint density at radius 3 is 1.82 bits per heavy atom. The molecule has 0 spiro atoms. The summed E-state index contributed by atoms with van der Waals surface area (Å²) in [5, 5.41) is 0. The van der Waals surface area contributed by atoms with Crippen LogP contribution in [0.3, 0.4) is 0 Å². The summed E-state index contributed by atoms with van der Waals surface area (Å²) in [5.74, 6) is 1.41. The van der Waals surface area contributed by atoms with E-state index in [-0.39, 0.29) is 0 Å². The zero-order valence-electron chi connectivity index (χ0n) is 7.06. The van der Waals surface area contributed by atoms with E-state index in [2.05, 4.69) is 13.2 Å². The van der Waals surface area contributed by atoms with Crippen LogP contribution in [0.15, 0.2) is 25.3 Å². The zero-order chi connectivity index (χ0) is 8.53. The smallest absolute Gasteiger partial charge is 0.0251 e. The maximum atomic E-state index is 5.77. The third-order valence-corrected chi connectivity index (χ3v) is 2.21. The number of hydrogen-bond donors (Lipinski definition) is 0. The highest BCUT2D eigenvalue weighted by Crippen LogP contribution is 2.15. The molecule has 0 aromatic rings. The van der Waals surface area contributed by atoms with Gasteiger partial charge >= 0.3 is 0 Å². The van der Waals surface area contributed by atoms with E-state index in [1.54, 1.807) is 0 Å². The van der Waals surface area contributed by atoms with Crippen LogP contribution in [-0.2, 0) is 0 Å². The summed E-state index contributed by atoms with van der Waals surface area (Å²) < 4.78 is 0. The van der Waals surface area contributed by atoms with Crippen molar-refractivity contribution < 1.29 is 0 Å². The minimum atomic E-state index is 0.646. The molecule has 0 unspecified atom stereocenters. The van der Waals surface area contributed by atoms with Gasteiger partial charge in [-0.1, -0.05) is 12.2 Å². The van der Waals surface area contributed by atoms with Gasteiger partial charge in [0.05, 0.1) is 0 Å². The molecule has 0 saturated carbocycles. The SMILES string of the molecule is C=CCCC(CCl)CCC=C. The first-order chi connectivity index (χ1) is 5.35. The van der Waals surface area contributed by atoms with E-state index in [0.717, 1.165) is 18.7 Å². The Balaban J connectivity index is 3.39. The average molecular weight is 173 g/mol. The molecule has 0 amide bonds. The largest absolute Gasteiger partial charge is 0.126 e. The predicted octanol–water partition coefficient (Wildman–Crippen LogP) is 3.77. The van der Waals surface area contributed by atoms with Gasteiger partial charge in [-0.3, -0.25) is 0 Å². The molecule has 0 aliphatic rings. The molecular formula is C10H17Cl. The van der Waals surface area contributed by atoms with Crippen molar-refractivity contribution in [3.8, 4) is 0 Å². The molecule has 0 rings (SSSR count). The molecule has 0 heterocycles. The molecule has 0 aromatic carbocycles. The number of alkyl halides is 1.